The molecule has 2 rings (SSSR count). The summed E-state index contributed by atoms with van der Waals surface area (Å²) in [5.74, 6) is -0.582. The van der Waals surface area contributed by atoms with Crippen LogP contribution in [-0.2, 0) is 4.74 Å². The lowest BCUT2D eigenvalue weighted by molar-refractivity contribution is 0.0302. The number of hydrogen-bond acceptors (Lipinski definition) is 3. The molecule has 1 aliphatic heterocycles. The molecule has 0 saturated carbocycles. The predicted octanol–water partition coefficient (Wildman–Crippen LogP) is 2.07. The van der Waals surface area contributed by atoms with Crippen LogP contribution < -0.4 is 4.74 Å². The first kappa shape index (κ1) is 13.3. The van der Waals surface area contributed by atoms with Crippen LogP contribution in [0.15, 0.2) is 16.6 Å². The molecule has 1 aromatic rings. The number of benzene rings is 1. The second-order valence-corrected chi connectivity index (χ2v) is 4.73. The molecule has 1 saturated heterocycles. The molecule has 4 nitrogen and oxygen atoms in total. The number of halogens is 2. The van der Waals surface area contributed by atoms with Crippen molar-refractivity contribution in [3.8, 4) is 5.75 Å². The van der Waals surface area contributed by atoms with E-state index in [-0.39, 0.29) is 11.7 Å². The van der Waals surface area contributed by atoms with Crippen molar-refractivity contribution < 1.29 is 18.7 Å². The van der Waals surface area contributed by atoms with Crippen LogP contribution in [0.2, 0.25) is 0 Å². The van der Waals surface area contributed by atoms with E-state index >= 15 is 0 Å². The molecule has 6 heteroatoms. The highest BCUT2D eigenvalue weighted by atomic mass is 79.9. The van der Waals surface area contributed by atoms with Crippen LogP contribution in [0.3, 0.4) is 0 Å². The third kappa shape index (κ3) is 2.64. The molecule has 0 aliphatic carbocycles. The summed E-state index contributed by atoms with van der Waals surface area (Å²) in [5, 5.41) is 0. The van der Waals surface area contributed by atoms with Crippen LogP contribution in [-0.4, -0.2) is 44.2 Å². The fourth-order valence-corrected chi connectivity index (χ4v) is 2.27. The molecule has 1 aliphatic rings. The summed E-state index contributed by atoms with van der Waals surface area (Å²) in [6.07, 6.45) is 0. The lowest BCUT2D eigenvalue weighted by atomic mass is 10.1. The van der Waals surface area contributed by atoms with E-state index in [1.165, 1.54) is 19.2 Å². The molecule has 0 N–H and O–H groups in total. The molecule has 0 bridgehead atoms. The Kier molecular flexibility index (Phi) is 4.19. The largest absolute Gasteiger partial charge is 0.494 e. The number of carbonyl (C=O) groups excluding carboxylic acids is 1. The van der Waals surface area contributed by atoms with E-state index in [4.69, 9.17) is 9.47 Å². The maximum absolute atomic E-state index is 13.4. The molecule has 1 fully saturated rings. The zero-order chi connectivity index (χ0) is 13.1. The van der Waals surface area contributed by atoms with Gasteiger partial charge in [-0.2, -0.15) is 0 Å². The fraction of sp³-hybridized carbons (Fsp3) is 0.417. The van der Waals surface area contributed by atoms with Crippen molar-refractivity contribution in [2.24, 2.45) is 0 Å². The third-order valence-corrected chi connectivity index (χ3v) is 3.43. The monoisotopic (exact) mass is 317 g/mol. The third-order valence-electron chi connectivity index (χ3n) is 2.77. The highest BCUT2D eigenvalue weighted by Crippen LogP contribution is 2.27. The fourth-order valence-electron chi connectivity index (χ4n) is 1.79. The number of methoxy groups -OCH3 is 1. The maximum Gasteiger partial charge on any atom is 0.255 e. The van der Waals surface area contributed by atoms with Crippen LogP contribution in [0, 0.1) is 5.82 Å². The standard InChI is InChI=1S/C12H13BrFNO3/c1-17-11-6-8(9(13)7-10(11)14)12(16)15-2-4-18-5-3-15/h6-7H,2-5H2,1H3. The van der Waals surface area contributed by atoms with Crippen LogP contribution in [0.1, 0.15) is 10.4 Å². The Morgan fingerprint density at radius 1 is 1.44 bits per heavy atom. The van der Waals surface area contributed by atoms with Crippen LogP contribution in [0.4, 0.5) is 4.39 Å². The van der Waals surface area contributed by atoms with Crippen LogP contribution in [0.5, 0.6) is 5.75 Å². The second kappa shape index (κ2) is 5.67. The summed E-state index contributed by atoms with van der Waals surface area (Å²) in [4.78, 5) is 13.9. The van der Waals surface area contributed by atoms with Crippen LogP contribution >= 0.6 is 15.9 Å². The lowest BCUT2D eigenvalue weighted by Crippen LogP contribution is -2.40. The van der Waals surface area contributed by atoms with E-state index in [1.807, 2.05) is 0 Å². The van der Waals surface area contributed by atoms with Crippen molar-refractivity contribution in [3.63, 3.8) is 0 Å². The minimum absolute atomic E-state index is 0.0646. The average molecular weight is 318 g/mol. The quantitative estimate of drug-likeness (QED) is 0.838. The Bertz CT molecular complexity index is 461. The number of carbonyl (C=O) groups is 1. The number of nitrogens with zero attached hydrogens (tertiary/aromatic N) is 1. The van der Waals surface area contributed by atoms with E-state index in [2.05, 4.69) is 15.9 Å². The average Bonchev–Trinajstić information content (AvgIpc) is 2.39. The zero-order valence-corrected chi connectivity index (χ0v) is 11.5. The van der Waals surface area contributed by atoms with Gasteiger partial charge in [0.2, 0.25) is 0 Å². The van der Waals surface area contributed by atoms with Crippen molar-refractivity contribution in [1.82, 2.24) is 4.90 Å². The van der Waals surface area contributed by atoms with Gasteiger partial charge in [-0.1, -0.05) is 0 Å². The summed E-state index contributed by atoms with van der Waals surface area (Å²) in [7, 11) is 1.37. The molecule has 0 atom stereocenters. The van der Waals surface area contributed by atoms with Crippen LogP contribution in [0.25, 0.3) is 0 Å². The molecule has 98 valence electrons. The van der Waals surface area contributed by atoms with Crippen molar-refractivity contribution in [2.45, 2.75) is 0 Å². The number of rotatable bonds is 2. The van der Waals surface area contributed by atoms with Gasteiger partial charge in [-0.05, 0) is 28.1 Å². The SMILES string of the molecule is COc1cc(C(=O)N2CCOCC2)c(Br)cc1F. The Balaban J connectivity index is 2.28. The van der Waals surface area contributed by atoms with Crippen molar-refractivity contribution >= 4 is 21.8 Å². The van der Waals surface area contributed by atoms with Gasteiger partial charge >= 0.3 is 0 Å². The van der Waals surface area contributed by atoms with Gasteiger partial charge in [0.25, 0.3) is 5.91 Å². The first-order chi connectivity index (χ1) is 8.63. The van der Waals surface area contributed by atoms with Gasteiger partial charge in [0.05, 0.1) is 25.9 Å². The van der Waals surface area contributed by atoms with Gasteiger partial charge in [-0.3, -0.25) is 4.79 Å². The molecule has 0 radical (unpaired) electrons. The first-order valence-electron chi connectivity index (χ1n) is 5.53. The van der Waals surface area contributed by atoms with Gasteiger partial charge in [0, 0.05) is 17.6 Å². The van der Waals surface area contributed by atoms with Crippen molar-refractivity contribution in [2.75, 3.05) is 33.4 Å². The Hall–Kier alpha value is -1.14. The van der Waals surface area contributed by atoms with Gasteiger partial charge in [0.1, 0.15) is 0 Å². The molecular formula is C12H13BrFNO3. The summed E-state index contributed by atoms with van der Waals surface area (Å²) >= 11 is 3.20. The number of amides is 1. The van der Waals surface area contributed by atoms with Crippen molar-refractivity contribution in [3.05, 3.63) is 28.0 Å². The van der Waals surface area contributed by atoms with E-state index < -0.39 is 5.82 Å². The van der Waals surface area contributed by atoms with E-state index in [0.717, 1.165) is 0 Å². The maximum atomic E-state index is 13.4. The van der Waals surface area contributed by atoms with Gasteiger partial charge in [-0.25, -0.2) is 4.39 Å². The number of hydrogen-bond donors (Lipinski definition) is 0. The topological polar surface area (TPSA) is 38.8 Å². The summed E-state index contributed by atoms with van der Waals surface area (Å²) in [5.41, 5.74) is 0.398. The minimum atomic E-state index is -0.497. The first-order valence-corrected chi connectivity index (χ1v) is 6.33. The predicted molar refractivity (Wildman–Crippen MR) is 67.4 cm³/mol. The zero-order valence-electron chi connectivity index (χ0n) is 9.91. The van der Waals surface area contributed by atoms with Gasteiger partial charge < -0.3 is 14.4 Å². The highest BCUT2D eigenvalue weighted by molar-refractivity contribution is 9.10. The molecule has 1 amide bonds. The summed E-state index contributed by atoms with van der Waals surface area (Å²) < 4.78 is 23.9. The summed E-state index contributed by atoms with van der Waals surface area (Å²) in [6, 6.07) is 2.66. The van der Waals surface area contributed by atoms with Gasteiger partial charge in [0.15, 0.2) is 11.6 Å². The molecule has 0 aromatic heterocycles. The molecule has 0 spiro atoms. The Morgan fingerprint density at radius 3 is 2.72 bits per heavy atom. The smallest absolute Gasteiger partial charge is 0.255 e. The molecule has 18 heavy (non-hydrogen) atoms. The van der Waals surface area contributed by atoms with E-state index in [9.17, 15) is 9.18 Å². The Labute approximate surface area is 113 Å². The summed E-state index contributed by atoms with van der Waals surface area (Å²) in [6.45, 7) is 2.15. The Morgan fingerprint density at radius 2 is 2.11 bits per heavy atom. The van der Waals surface area contributed by atoms with Crippen molar-refractivity contribution in [1.29, 1.82) is 0 Å². The highest BCUT2D eigenvalue weighted by Gasteiger charge is 2.22. The normalized spacial score (nSPS) is 15.6. The lowest BCUT2D eigenvalue weighted by Gasteiger charge is -2.27. The van der Waals surface area contributed by atoms with Gasteiger partial charge in [-0.15, -0.1) is 0 Å². The number of morpholine rings is 1. The molecule has 1 heterocycles. The second-order valence-electron chi connectivity index (χ2n) is 3.87. The molecule has 0 unspecified atom stereocenters. The van der Waals surface area contributed by atoms with E-state index in [0.29, 0.717) is 36.3 Å². The van der Waals surface area contributed by atoms with E-state index in [1.54, 1.807) is 4.90 Å². The molecule has 1 aromatic carbocycles. The number of ether oxygens (including phenoxy) is 2. The minimum Gasteiger partial charge on any atom is -0.494 e. The molecular weight excluding hydrogens is 305 g/mol.